The van der Waals surface area contributed by atoms with Crippen molar-refractivity contribution in [3.63, 3.8) is 0 Å². The Morgan fingerprint density at radius 2 is 1.79 bits per heavy atom. The predicted molar refractivity (Wildman–Crippen MR) is 58.7 cm³/mol. The maximum atomic E-state index is 11.4. The first kappa shape index (κ1) is 12.0. The van der Waals surface area contributed by atoms with E-state index >= 15 is 0 Å². The van der Waals surface area contributed by atoms with E-state index in [-0.39, 0.29) is 6.04 Å². The number of sulfonamides is 1. The molecule has 0 aromatic rings. The second-order valence-corrected chi connectivity index (χ2v) is 6.00. The van der Waals surface area contributed by atoms with Crippen molar-refractivity contribution in [2.75, 3.05) is 5.75 Å². The van der Waals surface area contributed by atoms with Crippen LogP contribution in [0.5, 0.6) is 0 Å². The average molecular weight is 219 g/mol. The highest BCUT2D eigenvalue weighted by Crippen LogP contribution is 2.20. The van der Waals surface area contributed by atoms with E-state index in [1.165, 1.54) is 12.8 Å². The van der Waals surface area contributed by atoms with Crippen molar-refractivity contribution >= 4 is 10.0 Å². The third-order valence-corrected chi connectivity index (χ3v) is 3.96. The lowest BCUT2D eigenvalue weighted by Crippen LogP contribution is -2.28. The highest BCUT2D eigenvalue weighted by molar-refractivity contribution is 7.89. The minimum atomic E-state index is -2.96. The van der Waals surface area contributed by atoms with Crippen LogP contribution in [0.2, 0.25) is 0 Å². The number of hydrogen-bond acceptors (Lipinski definition) is 2. The Morgan fingerprint density at radius 1 is 1.14 bits per heavy atom. The largest absolute Gasteiger partial charge is 0.212 e. The molecule has 1 N–H and O–H groups in total. The van der Waals surface area contributed by atoms with E-state index in [0.29, 0.717) is 5.75 Å². The molecule has 1 fully saturated rings. The maximum absolute atomic E-state index is 11.4. The van der Waals surface area contributed by atoms with Gasteiger partial charge in [0.2, 0.25) is 10.0 Å². The van der Waals surface area contributed by atoms with Gasteiger partial charge < -0.3 is 0 Å². The molecule has 1 aliphatic carbocycles. The van der Waals surface area contributed by atoms with Gasteiger partial charge in [0.05, 0.1) is 5.75 Å². The van der Waals surface area contributed by atoms with Crippen LogP contribution in [0.4, 0.5) is 0 Å². The fraction of sp³-hybridized carbons (Fsp3) is 1.00. The molecule has 0 aromatic heterocycles. The van der Waals surface area contributed by atoms with Gasteiger partial charge >= 0.3 is 0 Å². The molecule has 14 heavy (non-hydrogen) atoms. The van der Waals surface area contributed by atoms with Crippen LogP contribution < -0.4 is 4.72 Å². The normalized spacial score (nSPS) is 17.2. The van der Waals surface area contributed by atoms with Crippen LogP contribution in [0.1, 0.15) is 51.9 Å². The Morgan fingerprint density at radius 3 is 2.36 bits per heavy atom. The zero-order chi connectivity index (χ0) is 10.4. The van der Waals surface area contributed by atoms with Crippen LogP contribution in [-0.2, 0) is 10.0 Å². The third-order valence-electron chi connectivity index (χ3n) is 2.44. The molecule has 0 heterocycles. The summed E-state index contributed by atoms with van der Waals surface area (Å²) in [6.45, 7) is 2.16. The van der Waals surface area contributed by atoms with E-state index in [0.717, 1.165) is 32.1 Å². The molecule has 84 valence electrons. The zero-order valence-electron chi connectivity index (χ0n) is 8.96. The summed E-state index contributed by atoms with van der Waals surface area (Å²) < 4.78 is 25.5. The van der Waals surface area contributed by atoms with Gasteiger partial charge in [0, 0.05) is 6.04 Å². The molecule has 4 heteroatoms. The van der Waals surface area contributed by atoms with E-state index in [9.17, 15) is 8.42 Å². The first-order valence-corrected chi connectivity index (χ1v) is 7.29. The van der Waals surface area contributed by atoms with Gasteiger partial charge in [0.1, 0.15) is 0 Å². The molecule has 0 bridgehead atoms. The van der Waals surface area contributed by atoms with Crippen molar-refractivity contribution in [1.82, 2.24) is 4.72 Å². The average Bonchev–Trinajstić information content (AvgIpc) is 2.87. The smallest absolute Gasteiger partial charge is 0.211 e. The number of rotatable bonds is 8. The van der Waals surface area contributed by atoms with Crippen molar-refractivity contribution in [2.45, 2.75) is 57.9 Å². The number of unbranched alkanes of at least 4 members (excludes halogenated alkanes) is 4. The number of nitrogens with one attached hydrogen (secondary N) is 1. The molecule has 3 nitrogen and oxygen atoms in total. The predicted octanol–water partition coefficient (Wildman–Crippen LogP) is 2.04. The fourth-order valence-electron chi connectivity index (χ4n) is 1.41. The van der Waals surface area contributed by atoms with Gasteiger partial charge in [-0.1, -0.05) is 32.6 Å². The highest BCUT2D eigenvalue weighted by Gasteiger charge is 2.26. The van der Waals surface area contributed by atoms with E-state index in [1.54, 1.807) is 0 Å². The summed E-state index contributed by atoms with van der Waals surface area (Å²) in [6, 6.07) is 0.260. The Hall–Kier alpha value is -0.0900. The quantitative estimate of drug-likeness (QED) is 0.635. The van der Waals surface area contributed by atoms with Gasteiger partial charge in [-0.3, -0.25) is 0 Å². The van der Waals surface area contributed by atoms with Crippen molar-refractivity contribution in [3.8, 4) is 0 Å². The van der Waals surface area contributed by atoms with Crippen LogP contribution >= 0.6 is 0 Å². The Kier molecular flexibility index (Phi) is 4.89. The molecule has 0 spiro atoms. The molecule has 0 radical (unpaired) electrons. The van der Waals surface area contributed by atoms with Gasteiger partial charge in [-0.2, -0.15) is 0 Å². The molecule has 0 amide bonds. The lowest BCUT2D eigenvalue weighted by molar-refractivity contribution is 0.572. The minimum absolute atomic E-state index is 0.260. The molecule has 0 aliphatic heterocycles. The highest BCUT2D eigenvalue weighted by atomic mass is 32.2. The topological polar surface area (TPSA) is 46.2 Å². The molecule has 0 atom stereocenters. The Labute approximate surface area is 87.3 Å². The SMILES string of the molecule is CCCCCCCS(=O)(=O)NC1CC1. The monoisotopic (exact) mass is 219 g/mol. The molecular formula is C10H21NO2S. The second kappa shape index (κ2) is 5.71. The first-order chi connectivity index (χ1) is 6.64. The van der Waals surface area contributed by atoms with Crippen LogP contribution in [0.3, 0.4) is 0 Å². The van der Waals surface area contributed by atoms with Gasteiger partial charge in [-0.25, -0.2) is 13.1 Å². The van der Waals surface area contributed by atoms with Gasteiger partial charge in [-0.05, 0) is 19.3 Å². The fourth-order valence-corrected chi connectivity index (χ4v) is 2.86. The zero-order valence-corrected chi connectivity index (χ0v) is 9.78. The van der Waals surface area contributed by atoms with Crippen molar-refractivity contribution in [3.05, 3.63) is 0 Å². The summed E-state index contributed by atoms with van der Waals surface area (Å²) in [5, 5.41) is 0. The molecule has 0 aromatic carbocycles. The van der Waals surface area contributed by atoms with E-state index in [1.807, 2.05) is 0 Å². The summed E-state index contributed by atoms with van der Waals surface area (Å²) in [5.41, 5.74) is 0. The van der Waals surface area contributed by atoms with Crippen LogP contribution in [0.15, 0.2) is 0 Å². The van der Waals surface area contributed by atoms with Crippen LogP contribution in [0.25, 0.3) is 0 Å². The Balaban J connectivity index is 2.03. The molecular weight excluding hydrogens is 198 g/mol. The standard InChI is InChI=1S/C10H21NO2S/c1-2-3-4-5-6-9-14(12,13)11-10-7-8-10/h10-11H,2-9H2,1H3. The third kappa shape index (κ3) is 5.60. The number of hydrogen-bond donors (Lipinski definition) is 1. The lowest BCUT2D eigenvalue weighted by Gasteiger charge is -2.04. The van der Waals surface area contributed by atoms with E-state index in [2.05, 4.69) is 11.6 Å². The summed E-state index contributed by atoms with van der Waals surface area (Å²) in [5.74, 6) is 0.313. The molecule has 1 aliphatic rings. The molecule has 1 saturated carbocycles. The summed E-state index contributed by atoms with van der Waals surface area (Å²) in [6.07, 6.45) is 7.48. The lowest BCUT2D eigenvalue weighted by atomic mass is 10.2. The molecule has 0 unspecified atom stereocenters. The second-order valence-electron chi connectivity index (χ2n) is 4.13. The van der Waals surface area contributed by atoms with E-state index < -0.39 is 10.0 Å². The van der Waals surface area contributed by atoms with Crippen LogP contribution in [-0.4, -0.2) is 20.2 Å². The molecule has 0 saturated heterocycles. The van der Waals surface area contributed by atoms with Gasteiger partial charge in [0.25, 0.3) is 0 Å². The minimum Gasteiger partial charge on any atom is -0.212 e. The van der Waals surface area contributed by atoms with Gasteiger partial charge in [-0.15, -0.1) is 0 Å². The summed E-state index contributed by atoms with van der Waals surface area (Å²) in [4.78, 5) is 0. The van der Waals surface area contributed by atoms with Crippen molar-refractivity contribution in [1.29, 1.82) is 0 Å². The Bertz CT molecular complexity index is 245. The van der Waals surface area contributed by atoms with Crippen LogP contribution in [0, 0.1) is 0 Å². The van der Waals surface area contributed by atoms with Crippen molar-refractivity contribution in [2.24, 2.45) is 0 Å². The van der Waals surface area contributed by atoms with Gasteiger partial charge in [0.15, 0.2) is 0 Å². The van der Waals surface area contributed by atoms with Crippen molar-refractivity contribution < 1.29 is 8.42 Å². The summed E-state index contributed by atoms with van der Waals surface area (Å²) in [7, 11) is -2.96. The van der Waals surface area contributed by atoms with E-state index in [4.69, 9.17) is 0 Å². The molecule has 1 rings (SSSR count). The maximum Gasteiger partial charge on any atom is 0.211 e. The first-order valence-electron chi connectivity index (χ1n) is 5.64. The summed E-state index contributed by atoms with van der Waals surface area (Å²) >= 11 is 0.